The van der Waals surface area contributed by atoms with Gasteiger partial charge in [-0.1, -0.05) is 53.4 Å². The first-order valence-corrected chi connectivity index (χ1v) is 9.85. The first kappa shape index (κ1) is 25.6. The highest BCUT2D eigenvalue weighted by molar-refractivity contribution is 5.70. The molecule has 146 valence electrons. The predicted octanol–water partition coefficient (Wildman–Crippen LogP) is 2.06. The van der Waals surface area contributed by atoms with E-state index in [1.165, 1.54) is 82.0 Å². The summed E-state index contributed by atoms with van der Waals surface area (Å²) in [6.07, 6.45) is 11.1. The molecule has 0 spiro atoms. The van der Waals surface area contributed by atoms with E-state index in [1.54, 1.807) is 0 Å². The number of carbonyl (C=O) groups is 1. The van der Waals surface area contributed by atoms with Crippen LogP contribution >= 0.6 is 0 Å². The number of quaternary nitrogens is 1. The average molecular weight is 347 g/mol. The van der Waals surface area contributed by atoms with Crippen molar-refractivity contribution in [3.05, 3.63) is 0 Å². The van der Waals surface area contributed by atoms with Crippen molar-refractivity contribution in [2.24, 2.45) is 5.73 Å². The number of rotatable bonds is 14. The van der Waals surface area contributed by atoms with Crippen LogP contribution in [-0.4, -0.2) is 54.4 Å². The SMILES string of the molecule is CCCC[N+](CCCC)(CCCC)CCCC.N[C@@H](CO)C(=O)[O-]. The molecular weight excluding hydrogens is 304 g/mol. The van der Waals surface area contributed by atoms with E-state index in [9.17, 15) is 9.90 Å². The van der Waals surface area contributed by atoms with Crippen molar-refractivity contribution in [3.63, 3.8) is 0 Å². The van der Waals surface area contributed by atoms with Crippen LogP contribution in [0.3, 0.4) is 0 Å². The van der Waals surface area contributed by atoms with Crippen LogP contribution in [0.1, 0.15) is 79.1 Å². The number of aliphatic hydroxyl groups is 1. The van der Waals surface area contributed by atoms with Gasteiger partial charge < -0.3 is 25.2 Å². The highest BCUT2D eigenvalue weighted by Gasteiger charge is 2.24. The molecule has 0 saturated carbocycles. The number of nitrogens with zero attached hydrogens (tertiary/aromatic N) is 1. The minimum absolute atomic E-state index is 0.567. The van der Waals surface area contributed by atoms with Crippen LogP contribution in [0.15, 0.2) is 0 Å². The molecule has 0 aromatic carbocycles. The number of hydrogen-bond donors (Lipinski definition) is 2. The number of carboxylic acid groups (broad SMARTS) is 1. The van der Waals surface area contributed by atoms with Gasteiger partial charge in [-0.2, -0.15) is 0 Å². The fraction of sp³-hybridized carbons (Fsp3) is 0.947. The van der Waals surface area contributed by atoms with Crippen molar-refractivity contribution in [1.29, 1.82) is 0 Å². The Morgan fingerprint density at radius 3 is 1.29 bits per heavy atom. The Bertz CT molecular complexity index is 248. The molecule has 0 bridgehead atoms. The zero-order valence-electron chi connectivity index (χ0n) is 16.6. The van der Waals surface area contributed by atoms with Crippen molar-refractivity contribution >= 4 is 5.97 Å². The topological polar surface area (TPSA) is 86.4 Å². The Hall–Kier alpha value is -0.650. The van der Waals surface area contributed by atoms with Crippen molar-refractivity contribution in [3.8, 4) is 0 Å². The summed E-state index contributed by atoms with van der Waals surface area (Å²) in [7, 11) is 0. The molecule has 0 aromatic rings. The Balaban J connectivity index is 0. The average Bonchev–Trinajstić information content (AvgIpc) is 2.60. The van der Waals surface area contributed by atoms with Crippen LogP contribution in [0.2, 0.25) is 0 Å². The zero-order chi connectivity index (χ0) is 18.8. The van der Waals surface area contributed by atoms with Gasteiger partial charge in [0.05, 0.1) is 44.8 Å². The van der Waals surface area contributed by atoms with Crippen LogP contribution in [0.5, 0.6) is 0 Å². The van der Waals surface area contributed by atoms with Gasteiger partial charge in [-0.15, -0.1) is 0 Å². The number of nitrogens with two attached hydrogens (primary N) is 1. The molecule has 0 heterocycles. The van der Waals surface area contributed by atoms with Gasteiger partial charge in [-0.25, -0.2) is 0 Å². The summed E-state index contributed by atoms with van der Waals surface area (Å²) in [6, 6.07) is -1.24. The molecule has 5 heteroatoms. The molecule has 24 heavy (non-hydrogen) atoms. The van der Waals surface area contributed by atoms with Crippen LogP contribution in [0.4, 0.5) is 0 Å². The summed E-state index contributed by atoms with van der Waals surface area (Å²) < 4.78 is 1.42. The van der Waals surface area contributed by atoms with Gasteiger partial charge in [0.2, 0.25) is 0 Å². The second kappa shape index (κ2) is 17.2. The Morgan fingerprint density at radius 2 is 1.17 bits per heavy atom. The van der Waals surface area contributed by atoms with Crippen LogP contribution in [-0.2, 0) is 4.79 Å². The lowest BCUT2D eigenvalue weighted by Crippen LogP contribution is -2.50. The molecule has 0 radical (unpaired) electrons. The van der Waals surface area contributed by atoms with E-state index in [2.05, 4.69) is 27.7 Å². The maximum atomic E-state index is 9.53. The maximum absolute atomic E-state index is 9.53. The second-order valence-corrected chi connectivity index (χ2v) is 6.76. The molecule has 0 aliphatic heterocycles. The van der Waals surface area contributed by atoms with E-state index in [0.29, 0.717) is 0 Å². The normalized spacial score (nSPS) is 12.4. The fourth-order valence-electron chi connectivity index (χ4n) is 2.72. The van der Waals surface area contributed by atoms with E-state index in [0.717, 1.165) is 0 Å². The Morgan fingerprint density at radius 1 is 0.875 bits per heavy atom. The van der Waals surface area contributed by atoms with E-state index in [-0.39, 0.29) is 0 Å². The molecule has 0 aliphatic carbocycles. The molecule has 0 aliphatic rings. The summed E-state index contributed by atoms with van der Waals surface area (Å²) >= 11 is 0. The minimum Gasteiger partial charge on any atom is -0.548 e. The summed E-state index contributed by atoms with van der Waals surface area (Å²) in [5, 5.41) is 17.5. The quantitative estimate of drug-likeness (QED) is 0.471. The monoisotopic (exact) mass is 346 g/mol. The lowest BCUT2D eigenvalue weighted by Gasteiger charge is -2.39. The van der Waals surface area contributed by atoms with Gasteiger partial charge in [0.1, 0.15) is 0 Å². The van der Waals surface area contributed by atoms with Gasteiger partial charge in [-0.05, 0) is 25.7 Å². The molecule has 0 saturated heterocycles. The Kier molecular flexibility index (Phi) is 18.3. The fourth-order valence-corrected chi connectivity index (χ4v) is 2.72. The molecule has 0 aromatic heterocycles. The second-order valence-electron chi connectivity index (χ2n) is 6.76. The number of hydrogen-bond acceptors (Lipinski definition) is 4. The molecule has 5 nitrogen and oxygen atoms in total. The molecule has 0 rings (SSSR count). The van der Waals surface area contributed by atoms with E-state index < -0.39 is 18.6 Å². The third-order valence-corrected chi connectivity index (χ3v) is 4.44. The van der Waals surface area contributed by atoms with Gasteiger partial charge in [0.25, 0.3) is 0 Å². The van der Waals surface area contributed by atoms with Gasteiger partial charge >= 0.3 is 0 Å². The number of carboxylic acids is 1. The third kappa shape index (κ3) is 13.8. The van der Waals surface area contributed by atoms with Crippen molar-refractivity contribution in [1.82, 2.24) is 0 Å². The summed E-state index contributed by atoms with van der Waals surface area (Å²) in [5.41, 5.74) is 4.70. The van der Waals surface area contributed by atoms with E-state index in [1.807, 2.05) is 0 Å². The van der Waals surface area contributed by atoms with Crippen molar-refractivity contribution in [2.75, 3.05) is 32.8 Å². The van der Waals surface area contributed by atoms with E-state index >= 15 is 0 Å². The summed E-state index contributed by atoms with van der Waals surface area (Å²) in [4.78, 5) is 9.53. The number of carbonyl (C=O) groups excluding carboxylic acids is 1. The first-order chi connectivity index (χ1) is 11.4. The predicted molar refractivity (Wildman–Crippen MR) is 99.4 cm³/mol. The molecule has 3 N–H and O–H groups in total. The zero-order valence-corrected chi connectivity index (χ0v) is 16.6. The highest BCUT2D eigenvalue weighted by atomic mass is 16.4. The highest BCUT2D eigenvalue weighted by Crippen LogP contribution is 2.16. The van der Waals surface area contributed by atoms with Gasteiger partial charge in [0.15, 0.2) is 0 Å². The molecule has 0 fully saturated rings. The van der Waals surface area contributed by atoms with Crippen LogP contribution < -0.4 is 10.8 Å². The lowest BCUT2D eigenvalue weighted by molar-refractivity contribution is -0.929. The summed E-state index contributed by atoms with van der Waals surface area (Å²) in [6.45, 7) is 14.5. The molecule has 0 amide bonds. The molecular formula is C19H42N2O3. The summed E-state index contributed by atoms with van der Waals surface area (Å²) in [5.74, 6) is -1.43. The minimum atomic E-state index is -1.43. The lowest BCUT2D eigenvalue weighted by atomic mass is 10.1. The Labute approximate surface area is 149 Å². The largest absolute Gasteiger partial charge is 0.548 e. The third-order valence-electron chi connectivity index (χ3n) is 4.44. The first-order valence-electron chi connectivity index (χ1n) is 9.85. The molecule has 0 unspecified atom stereocenters. The molecule has 1 atom stereocenters. The maximum Gasteiger partial charge on any atom is 0.0786 e. The van der Waals surface area contributed by atoms with Gasteiger partial charge in [-0.3, -0.25) is 0 Å². The van der Waals surface area contributed by atoms with Gasteiger partial charge in [0, 0.05) is 0 Å². The van der Waals surface area contributed by atoms with Crippen LogP contribution in [0, 0.1) is 0 Å². The van der Waals surface area contributed by atoms with Crippen molar-refractivity contribution < 1.29 is 19.5 Å². The standard InChI is InChI=1S/C16H36N.C3H7NO3/c1-5-9-13-17(14-10-6-2,15-11-7-3)16-12-8-4;4-2(1-5)3(6)7/h5-16H2,1-4H3;2,5H,1,4H2,(H,6,7)/q+1;/p-1/t;2-/m.0/s1. The number of aliphatic carboxylic acids is 1. The van der Waals surface area contributed by atoms with Crippen molar-refractivity contribution in [2.45, 2.75) is 85.1 Å². The number of aliphatic hydroxyl groups excluding tert-OH is 1. The van der Waals surface area contributed by atoms with Crippen LogP contribution in [0.25, 0.3) is 0 Å². The smallest absolute Gasteiger partial charge is 0.0786 e. The number of unbranched alkanes of at least 4 members (excludes halogenated alkanes) is 4. The van der Waals surface area contributed by atoms with E-state index in [4.69, 9.17) is 10.8 Å².